The summed E-state index contributed by atoms with van der Waals surface area (Å²) in [5, 5.41) is 4.15. The molecule has 0 bridgehead atoms. The van der Waals surface area contributed by atoms with Gasteiger partial charge in [0.1, 0.15) is 0 Å². The molecule has 1 rings (SSSR count). The van der Waals surface area contributed by atoms with Gasteiger partial charge in [0, 0.05) is 11.1 Å². The lowest BCUT2D eigenvalue weighted by Gasteiger charge is -2.26. The average molecular weight is 363 g/mol. The smallest absolute Gasteiger partial charge is 0.313 e. The first kappa shape index (κ1) is 17.5. The molecule has 1 aromatic carbocycles. The molecule has 0 spiro atoms. The first-order chi connectivity index (χ1) is 8.77. The molecule has 0 aromatic heterocycles. The molecule has 0 aliphatic carbocycles. The Morgan fingerprint density at radius 1 is 1.26 bits per heavy atom. The van der Waals surface area contributed by atoms with E-state index in [1.54, 1.807) is 12.1 Å². The van der Waals surface area contributed by atoms with Crippen molar-refractivity contribution in [3.63, 3.8) is 0 Å². The molecule has 3 nitrogen and oxygen atoms in total. The van der Waals surface area contributed by atoms with Gasteiger partial charge in [-0.25, -0.2) is 5.09 Å². The molecule has 1 atom stereocenters. The maximum atomic E-state index is 6.07. The average Bonchev–Trinajstić information content (AvgIpc) is 2.22. The molecule has 1 unspecified atom stereocenters. The van der Waals surface area contributed by atoms with Gasteiger partial charge < -0.3 is 9.05 Å². The highest BCUT2D eigenvalue weighted by Crippen LogP contribution is 2.49. The third kappa shape index (κ3) is 5.39. The minimum absolute atomic E-state index is 0.113. The maximum Gasteiger partial charge on any atom is 0.313 e. The van der Waals surface area contributed by atoms with Crippen molar-refractivity contribution in [1.82, 2.24) is 5.09 Å². The Bertz CT molecular complexity index is 476. The lowest BCUT2D eigenvalue weighted by molar-refractivity contribution is 0.319. The Labute approximate surface area is 133 Å². The van der Waals surface area contributed by atoms with Crippen LogP contribution in [0.1, 0.15) is 20.8 Å². The van der Waals surface area contributed by atoms with E-state index >= 15 is 0 Å². The minimum atomic E-state index is -2.70. The van der Waals surface area contributed by atoms with Crippen LogP contribution in [0.2, 0.25) is 15.1 Å². The third-order valence-corrected chi connectivity index (χ3v) is 5.38. The standard InChI is InChI=1S/C11H15Cl3NO2PS/c1-4-16-18(19,15-7(2)3)17-11-9(13)5-8(12)6-10(11)14/h5-7H,4H2,1-3H3,(H,15,19). The molecule has 19 heavy (non-hydrogen) atoms. The number of halogens is 3. The van der Waals surface area contributed by atoms with E-state index in [-0.39, 0.29) is 11.8 Å². The summed E-state index contributed by atoms with van der Waals surface area (Å²) >= 11 is 23.4. The van der Waals surface area contributed by atoms with Crippen molar-refractivity contribution in [2.45, 2.75) is 26.8 Å². The number of rotatable bonds is 6. The van der Waals surface area contributed by atoms with Gasteiger partial charge in [0.2, 0.25) is 0 Å². The van der Waals surface area contributed by atoms with Crippen LogP contribution in [0.3, 0.4) is 0 Å². The topological polar surface area (TPSA) is 30.5 Å². The third-order valence-electron chi connectivity index (χ3n) is 1.89. The summed E-state index contributed by atoms with van der Waals surface area (Å²) in [5.41, 5.74) is 0. The summed E-state index contributed by atoms with van der Waals surface area (Å²) in [4.78, 5) is 0. The summed E-state index contributed by atoms with van der Waals surface area (Å²) in [5.74, 6) is 0.290. The highest BCUT2D eigenvalue weighted by Gasteiger charge is 2.24. The highest BCUT2D eigenvalue weighted by molar-refractivity contribution is 8.09. The summed E-state index contributed by atoms with van der Waals surface area (Å²) in [7, 11) is 0. The van der Waals surface area contributed by atoms with Gasteiger partial charge in [0.15, 0.2) is 5.75 Å². The van der Waals surface area contributed by atoms with E-state index in [9.17, 15) is 0 Å². The van der Waals surface area contributed by atoms with Gasteiger partial charge in [0.05, 0.1) is 16.7 Å². The van der Waals surface area contributed by atoms with Gasteiger partial charge >= 0.3 is 6.64 Å². The monoisotopic (exact) mass is 361 g/mol. The molecule has 0 saturated carbocycles. The molecule has 0 radical (unpaired) electrons. The van der Waals surface area contributed by atoms with Crippen LogP contribution < -0.4 is 9.61 Å². The lowest BCUT2D eigenvalue weighted by atomic mass is 10.3. The molecule has 0 fully saturated rings. The lowest BCUT2D eigenvalue weighted by Crippen LogP contribution is -2.23. The second kappa shape index (κ2) is 7.46. The summed E-state index contributed by atoms with van der Waals surface area (Å²) in [6.45, 7) is 3.49. The van der Waals surface area contributed by atoms with Crippen molar-refractivity contribution < 1.29 is 9.05 Å². The molecule has 108 valence electrons. The summed E-state index contributed by atoms with van der Waals surface area (Å²) in [6.07, 6.45) is 0. The van der Waals surface area contributed by atoms with Crippen molar-refractivity contribution in [3.05, 3.63) is 27.2 Å². The first-order valence-electron chi connectivity index (χ1n) is 5.64. The predicted octanol–water partition coefficient (Wildman–Crippen LogP) is 5.28. The molecule has 0 aliphatic rings. The molecular formula is C11H15Cl3NO2PS. The number of nitrogens with one attached hydrogen (secondary N) is 1. The zero-order valence-corrected chi connectivity index (χ0v) is 14.7. The van der Waals surface area contributed by atoms with Gasteiger partial charge in [-0.05, 0) is 44.7 Å². The predicted molar refractivity (Wildman–Crippen MR) is 86.3 cm³/mol. The van der Waals surface area contributed by atoms with Crippen LogP contribution >= 0.6 is 41.4 Å². The van der Waals surface area contributed by atoms with Crippen LogP contribution in [0.4, 0.5) is 0 Å². The van der Waals surface area contributed by atoms with Gasteiger partial charge in [0.25, 0.3) is 0 Å². The van der Waals surface area contributed by atoms with Crippen LogP contribution in [0.5, 0.6) is 5.75 Å². The van der Waals surface area contributed by atoms with Crippen molar-refractivity contribution in [2.24, 2.45) is 0 Å². The quantitative estimate of drug-likeness (QED) is 0.697. The van der Waals surface area contributed by atoms with Crippen LogP contribution in [-0.4, -0.2) is 12.6 Å². The van der Waals surface area contributed by atoms with Crippen molar-refractivity contribution in [1.29, 1.82) is 0 Å². The van der Waals surface area contributed by atoms with Gasteiger partial charge in [-0.15, -0.1) is 0 Å². The molecule has 0 aliphatic heterocycles. The Kier molecular flexibility index (Phi) is 6.88. The Morgan fingerprint density at radius 2 is 1.79 bits per heavy atom. The highest BCUT2D eigenvalue weighted by atomic mass is 35.5. The Hall–Kier alpha value is 0.460. The fourth-order valence-corrected chi connectivity index (χ4v) is 5.08. The number of benzene rings is 1. The molecule has 0 heterocycles. The van der Waals surface area contributed by atoms with Crippen molar-refractivity contribution in [2.75, 3.05) is 6.61 Å². The fourth-order valence-electron chi connectivity index (χ4n) is 1.31. The molecule has 0 amide bonds. The fraction of sp³-hybridized carbons (Fsp3) is 0.455. The minimum Gasteiger partial charge on any atom is -0.430 e. The van der Waals surface area contributed by atoms with Crippen LogP contribution in [0.15, 0.2) is 12.1 Å². The maximum absolute atomic E-state index is 6.07. The van der Waals surface area contributed by atoms with Crippen molar-refractivity contribution in [3.8, 4) is 5.75 Å². The molecule has 1 aromatic rings. The van der Waals surface area contributed by atoms with Crippen LogP contribution in [-0.2, 0) is 16.3 Å². The van der Waals surface area contributed by atoms with Gasteiger partial charge in [-0.3, -0.25) is 0 Å². The van der Waals surface area contributed by atoms with E-state index in [1.807, 2.05) is 20.8 Å². The van der Waals surface area contributed by atoms with E-state index in [0.717, 1.165) is 0 Å². The van der Waals surface area contributed by atoms with E-state index < -0.39 is 6.64 Å². The zero-order valence-electron chi connectivity index (χ0n) is 10.7. The zero-order chi connectivity index (χ0) is 14.6. The summed E-state index contributed by atoms with van der Waals surface area (Å²) in [6, 6.07) is 3.21. The van der Waals surface area contributed by atoms with Gasteiger partial charge in [-0.2, -0.15) is 0 Å². The number of hydrogen-bond acceptors (Lipinski definition) is 3. The summed E-state index contributed by atoms with van der Waals surface area (Å²) < 4.78 is 11.3. The van der Waals surface area contributed by atoms with Crippen molar-refractivity contribution >= 4 is 53.3 Å². The van der Waals surface area contributed by atoms with Gasteiger partial charge in [-0.1, -0.05) is 34.8 Å². The van der Waals surface area contributed by atoms with Crippen LogP contribution in [0.25, 0.3) is 0 Å². The van der Waals surface area contributed by atoms with E-state index in [4.69, 9.17) is 55.7 Å². The van der Waals surface area contributed by atoms with E-state index in [2.05, 4.69) is 5.09 Å². The van der Waals surface area contributed by atoms with E-state index in [1.165, 1.54) is 0 Å². The first-order valence-corrected chi connectivity index (χ1v) is 9.41. The molecule has 0 saturated heterocycles. The van der Waals surface area contributed by atoms with Crippen LogP contribution in [0, 0.1) is 0 Å². The normalized spacial score (nSPS) is 14.5. The molecular weight excluding hydrogens is 348 g/mol. The number of hydrogen-bond donors (Lipinski definition) is 1. The molecule has 1 N–H and O–H groups in total. The largest absolute Gasteiger partial charge is 0.430 e. The SMILES string of the molecule is CCOP(=S)(NC(C)C)Oc1c(Cl)cc(Cl)cc1Cl. The van der Waals surface area contributed by atoms with E-state index in [0.29, 0.717) is 21.7 Å². The Morgan fingerprint density at radius 3 is 2.21 bits per heavy atom. The second-order valence-electron chi connectivity index (χ2n) is 3.99. The second-order valence-corrected chi connectivity index (χ2v) is 8.38. The Balaban J connectivity index is 3.07. The molecule has 8 heteroatoms.